The highest BCUT2D eigenvalue weighted by Crippen LogP contribution is 2.36. The van der Waals surface area contributed by atoms with Crippen molar-refractivity contribution in [2.24, 2.45) is 5.92 Å². The van der Waals surface area contributed by atoms with Crippen LogP contribution in [0.2, 0.25) is 0 Å². The Labute approximate surface area is 184 Å². The molecule has 8 heteroatoms. The minimum absolute atomic E-state index is 0.0280. The SMILES string of the molecule is COc1ccc(OCCN2CCN(CN3C(=O)NC4(CCC(C)CC4)C3=O)CC2)cc1. The smallest absolute Gasteiger partial charge is 0.326 e. The molecule has 2 aliphatic heterocycles. The number of amides is 3. The lowest BCUT2D eigenvalue weighted by molar-refractivity contribution is -0.134. The molecule has 1 spiro atoms. The first kappa shape index (κ1) is 21.9. The van der Waals surface area contributed by atoms with Gasteiger partial charge in [0.25, 0.3) is 5.91 Å². The predicted molar refractivity (Wildman–Crippen MR) is 117 cm³/mol. The minimum Gasteiger partial charge on any atom is -0.497 e. The fourth-order valence-electron chi connectivity index (χ4n) is 4.72. The summed E-state index contributed by atoms with van der Waals surface area (Å²) in [5, 5.41) is 3.01. The van der Waals surface area contributed by atoms with E-state index in [9.17, 15) is 9.59 Å². The fraction of sp³-hybridized carbons (Fsp3) is 0.652. The number of nitrogens with zero attached hydrogens (tertiary/aromatic N) is 3. The molecule has 0 radical (unpaired) electrons. The molecule has 0 unspecified atom stereocenters. The lowest BCUT2D eigenvalue weighted by Gasteiger charge is -2.36. The van der Waals surface area contributed by atoms with Crippen molar-refractivity contribution in [3.05, 3.63) is 24.3 Å². The van der Waals surface area contributed by atoms with Gasteiger partial charge in [-0.05, 0) is 55.9 Å². The van der Waals surface area contributed by atoms with E-state index in [1.807, 2.05) is 24.3 Å². The first-order chi connectivity index (χ1) is 15.0. The van der Waals surface area contributed by atoms with Crippen molar-refractivity contribution >= 4 is 11.9 Å². The van der Waals surface area contributed by atoms with Crippen molar-refractivity contribution < 1.29 is 19.1 Å². The molecule has 0 bridgehead atoms. The zero-order valence-corrected chi connectivity index (χ0v) is 18.6. The number of carbonyl (C=O) groups excluding carboxylic acids is 2. The van der Waals surface area contributed by atoms with Gasteiger partial charge in [0.1, 0.15) is 23.6 Å². The molecule has 1 N–H and O–H groups in total. The van der Waals surface area contributed by atoms with Gasteiger partial charge < -0.3 is 14.8 Å². The molecule has 1 aliphatic carbocycles. The molecular formula is C23H34N4O4. The number of imide groups is 1. The molecule has 3 fully saturated rings. The molecule has 31 heavy (non-hydrogen) atoms. The van der Waals surface area contributed by atoms with E-state index in [1.54, 1.807) is 7.11 Å². The van der Waals surface area contributed by atoms with Crippen molar-refractivity contribution in [3.8, 4) is 11.5 Å². The van der Waals surface area contributed by atoms with Crippen LogP contribution in [0.25, 0.3) is 0 Å². The molecule has 1 saturated carbocycles. The summed E-state index contributed by atoms with van der Waals surface area (Å²) in [5.74, 6) is 2.26. The second-order valence-corrected chi connectivity index (χ2v) is 9.05. The summed E-state index contributed by atoms with van der Waals surface area (Å²) in [5.41, 5.74) is -0.649. The summed E-state index contributed by atoms with van der Waals surface area (Å²) >= 11 is 0. The van der Waals surface area contributed by atoms with E-state index < -0.39 is 5.54 Å². The van der Waals surface area contributed by atoms with E-state index >= 15 is 0 Å². The zero-order chi connectivity index (χ0) is 21.8. The third kappa shape index (κ3) is 4.96. The molecule has 2 heterocycles. The third-order valence-corrected chi connectivity index (χ3v) is 6.92. The second-order valence-electron chi connectivity index (χ2n) is 9.05. The van der Waals surface area contributed by atoms with Gasteiger partial charge in [-0.1, -0.05) is 6.92 Å². The number of methoxy groups -OCH3 is 1. The van der Waals surface area contributed by atoms with Crippen LogP contribution in [-0.2, 0) is 4.79 Å². The summed E-state index contributed by atoms with van der Waals surface area (Å²) in [6, 6.07) is 7.38. The number of piperazine rings is 1. The lowest BCUT2D eigenvalue weighted by atomic mass is 9.77. The summed E-state index contributed by atoms with van der Waals surface area (Å²) in [6.45, 7) is 7.56. The monoisotopic (exact) mass is 430 g/mol. The quantitative estimate of drug-likeness (QED) is 0.669. The first-order valence-electron chi connectivity index (χ1n) is 11.3. The molecule has 1 aromatic rings. The fourth-order valence-corrected chi connectivity index (χ4v) is 4.72. The normalized spacial score (nSPS) is 27.5. The Morgan fingerprint density at radius 3 is 2.26 bits per heavy atom. The maximum atomic E-state index is 13.0. The second kappa shape index (κ2) is 9.44. The molecule has 1 aromatic carbocycles. The van der Waals surface area contributed by atoms with E-state index in [1.165, 1.54) is 4.90 Å². The van der Waals surface area contributed by atoms with E-state index in [-0.39, 0.29) is 11.9 Å². The van der Waals surface area contributed by atoms with Gasteiger partial charge in [-0.3, -0.25) is 14.6 Å². The number of urea groups is 1. The van der Waals surface area contributed by atoms with E-state index in [2.05, 4.69) is 22.0 Å². The van der Waals surface area contributed by atoms with Crippen LogP contribution in [0, 0.1) is 5.92 Å². The van der Waals surface area contributed by atoms with Crippen LogP contribution >= 0.6 is 0 Å². The molecule has 3 aliphatic rings. The predicted octanol–water partition coefficient (Wildman–Crippen LogP) is 2.15. The molecular weight excluding hydrogens is 396 g/mol. The average molecular weight is 431 g/mol. The van der Waals surface area contributed by atoms with Crippen molar-refractivity contribution in [3.63, 3.8) is 0 Å². The van der Waals surface area contributed by atoms with Gasteiger partial charge in [0.15, 0.2) is 0 Å². The highest BCUT2D eigenvalue weighted by molar-refractivity contribution is 6.07. The summed E-state index contributed by atoms with van der Waals surface area (Å²) in [4.78, 5) is 31.5. The van der Waals surface area contributed by atoms with Crippen LogP contribution in [0.1, 0.15) is 32.6 Å². The molecule has 170 valence electrons. The van der Waals surface area contributed by atoms with Gasteiger partial charge in [-0.2, -0.15) is 0 Å². The number of hydrogen-bond acceptors (Lipinski definition) is 6. The summed E-state index contributed by atoms with van der Waals surface area (Å²) < 4.78 is 11.0. The van der Waals surface area contributed by atoms with Crippen molar-refractivity contribution in [1.29, 1.82) is 0 Å². The maximum Gasteiger partial charge on any atom is 0.326 e. The molecule has 4 rings (SSSR count). The first-order valence-corrected chi connectivity index (χ1v) is 11.3. The van der Waals surface area contributed by atoms with Crippen LogP contribution in [0.4, 0.5) is 4.79 Å². The molecule has 3 amide bonds. The van der Waals surface area contributed by atoms with E-state index in [0.717, 1.165) is 69.9 Å². The van der Waals surface area contributed by atoms with Crippen LogP contribution < -0.4 is 14.8 Å². The van der Waals surface area contributed by atoms with Crippen LogP contribution in [0.15, 0.2) is 24.3 Å². The van der Waals surface area contributed by atoms with Crippen molar-refractivity contribution in [2.45, 2.75) is 38.1 Å². The van der Waals surface area contributed by atoms with Crippen LogP contribution in [0.3, 0.4) is 0 Å². The Hall–Kier alpha value is -2.32. The number of nitrogens with one attached hydrogen (secondary N) is 1. The van der Waals surface area contributed by atoms with Crippen molar-refractivity contribution in [2.75, 3.05) is 53.1 Å². The average Bonchev–Trinajstić information content (AvgIpc) is 3.01. The molecule has 0 aromatic heterocycles. The molecule has 0 atom stereocenters. The highest BCUT2D eigenvalue weighted by Gasteiger charge is 2.52. The standard InChI is InChI=1S/C23H34N4O4/c1-18-7-9-23(10-8-18)21(28)27(22(29)24-23)17-26-13-11-25(12-14-26)15-16-31-20-5-3-19(30-2)4-6-20/h3-6,18H,7-17H2,1-2H3,(H,24,29). The maximum absolute atomic E-state index is 13.0. The number of ether oxygens (including phenoxy) is 2. The van der Waals surface area contributed by atoms with Gasteiger partial charge in [0.2, 0.25) is 0 Å². The summed E-state index contributed by atoms with van der Waals surface area (Å²) in [7, 11) is 1.65. The van der Waals surface area contributed by atoms with Crippen LogP contribution in [-0.4, -0.2) is 85.3 Å². The Morgan fingerprint density at radius 1 is 1.00 bits per heavy atom. The molecule has 8 nitrogen and oxygen atoms in total. The van der Waals surface area contributed by atoms with Gasteiger partial charge >= 0.3 is 6.03 Å². The van der Waals surface area contributed by atoms with Gasteiger partial charge in [-0.25, -0.2) is 9.69 Å². The molecule has 2 saturated heterocycles. The van der Waals surface area contributed by atoms with E-state index in [4.69, 9.17) is 9.47 Å². The lowest BCUT2D eigenvalue weighted by Crippen LogP contribution is -2.53. The number of rotatable bonds is 7. The number of hydrogen-bond donors (Lipinski definition) is 1. The van der Waals surface area contributed by atoms with Crippen LogP contribution in [0.5, 0.6) is 11.5 Å². The Morgan fingerprint density at radius 2 is 1.61 bits per heavy atom. The third-order valence-electron chi connectivity index (χ3n) is 6.92. The van der Waals surface area contributed by atoms with Gasteiger partial charge in [0.05, 0.1) is 13.8 Å². The van der Waals surface area contributed by atoms with Gasteiger partial charge in [0, 0.05) is 32.7 Å². The Bertz CT molecular complexity index is 768. The van der Waals surface area contributed by atoms with Gasteiger partial charge in [-0.15, -0.1) is 0 Å². The Balaban J connectivity index is 1.19. The Kier molecular flexibility index (Phi) is 6.67. The highest BCUT2D eigenvalue weighted by atomic mass is 16.5. The number of benzene rings is 1. The largest absolute Gasteiger partial charge is 0.497 e. The summed E-state index contributed by atoms with van der Waals surface area (Å²) in [6.07, 6.45) is 3.52. The van der Waals surface area contributed by atoms with E-state index in [0.29, 0.717) is 19.2 Å². The zero-order valence-electron chi connectivity index (χ0n) is 18.6. The minimum atomic E-state index is -0.649. The topological polar surface area (TPSA) is 74.4 Å². The number of carbonyl (C=O) groups is 2. The van der Waals surface area contributed by atoms with Crippen molar-refractivity contribution in [1.82, 2.24) is 20.0 Å².